The van der Waals surface area contributed by atoms with Gasteiger partial charge in [-0.1, -0.05) is 23.7 Å². The van der Waals surface area contributed by atoms with Crippen molar-refractivity contribution in [2.45, 2.75) is 32.1 Å². The lowest BCUT2D eigenvalue weighted by Crippen LogP contribution is -2.22. The first kappa shape index (κ1) is 22.6. The van der Waals surface area contributed by atoms with E-state index in [-0.39, 0.29) is 16.6 Å². The van der Waals surface area contributed by atoms with E-state index in [1.165, 1.54) is 18.2 Å². The number of amides is 1. The monoisotopic (exact) mass is 469 g/mol. The number of rotatable bonds is 6. The number of hydrogen-bond donors (Lipinski definition) is 3. The maximum atomic E-state index is 13.1. The summed E-state index contributed by atoms with van der Waals surface area (Å²) in [5.41, 5.74) is 3.62. The van der Waals surface area contributed by atoms with Crippen LogP contribution in [0.15, 0.2) is 48.5 Å². The topological polar surface area (TPSA) is 95.9 Å². The third-order valence-corrected chi connectivity index (χ3v) is 5.90. The number of aliphatic carboxylic acids is 1. The van der Waals surface area contributed by atoms with Gasteiger partial charge in [-0.25, -0.2) is 9.18 Å². The standard InChI is InChI=1S/C25H21ClFNO5/c26-20-13-21(28-24(30)25(31)32)18-2-1-3-19(18)23(20)33-17-10-11-22(29)15(12-17)7-4-14-5-8-16(27)9-6-14/h5-6,8-13,29H,1-4,7H2,(H,28,30)(H,31,32). The van der Waals surface area contributed by atoms with Gasteiger partial charge in [-0.15, -0.1) is 0 Å². The largest absolute Gasteiger partial charge is 0.508 e. The van der Waals surface area contributed by atoms with Crippen molar-refractivity contribution in [2.75, 3.05) is 5.32 Å². The molecule has 0 saturated carbocycles. The lowest BCUT2D eigenvalue weighted by Gasteiger charge is -2.17. The zero-order valence-corrected chi connectivity index (χ0v) is 18.3. The molecule has 0 aliphatic heterocycles. The van der Waals surface area contributed by atoms with Crippen molar-refractivity contribution in [3.8, 4) is 17.2 Å². The van der Waals surface area contributed by atoms with Crippen molar-refractivity contribution < 1.29 is 28.9 Å². The normalized spacial score (nSPS) is 12.3. The highest BCUT2D eigenvalue weighted by Crippen LogP contribution is 2.43. The average molecular weight is 470 g/mol. The molecule has 0 spiro atoms. The van der Waals surface area contributed by atoms with Gasteiger partial charge in [0, 0.05) is 11.3 Å². The van der Waals surface area contributed by atoms with Gasteiger partial charge in [-0.05, 0) is 85.2 Å². The number of carboxylic acids is 1. The molecular formula is C25H21ClFNO5. The van der Waals surface area contributed by atoms with Gasteiger partial charge in [0.25, 0.3) is 0 Å². The maximum Gasteiger partial charge on any atom is 0.394 e. The summed E-state index contributed by atoms with van der Waals surface area (Å²) >= 11 is 6.45. The Labute approximate surface area is 194 Å². The van der Waals surface area contributed by atoms with Crippen molar-refractivity contribution in [1.29, 1.82) is 0 Å². The second kappa shape index (κ2) is 9.50. The molecule has 3 N–H and O–H groups in total. The SMILES string of the molecule is O=C(O)C(=O)Nc1cc(Cl)c(Oc2ccc(O)c(CCc3ccc(F)cc3)c2)c2c1CCC2. The van der Waals surface area contributed by atoms with Crippen molar-refractivity contribution in [3.05, 3.63) is 81.6 Å². The van der Waals surface area contributed by atoms with Crippen LogP contribution < -0.4 is 10.1 Å². The molecule has 3 aromatic rings. The number of hydrogen-bond acceptors (Lipinski definition) is 4. The Balaban J connectivity index is 1.57. The average Bonchev–Trinajstić information content (AvgIpc) is 3.27. The fraction of sp³-hybridized carbons (Fsp3) is 0.200. The van der Waals surface area contributed by atoms with Crippen molar-refractivity contribution in [2.24, 2.45) is 0 Å². The summed E-state index contributed by atoms with van der Waals surface area (Å²) in [5.74, 6) is -1.93. The number of carbonyl (C=O) groups is 2. The number of carbonyl (C=O) groups excluding carboxylic acids is 1. The first-order valence-corrected chi connectivity index (χ1v) is 10.8. The van der Waals surface area contributed by atoms with Crippen molar-refractivity contribution in [3.63, 3.8) is 0 Å². The summed E-state index contributed by atoms with van der Waals surface area (Å²) in [7, 11) is 0. The van der Waals surface area contributed by atoms with E-state index < -0.39 is 11.9 Å². The first-order chi connectivity index (χ1) is 15.8. The predicted molar refractivity (Wildman–Crippen MR) is 122 cm³/mol. The molecule has 0 atom stereocenters. The molecule has 0 radical (unpaired) electrons. The van der Waals surface area contributed by atoms with Crippen LogP contribution in [0.3, 0.4) is 0 Å². The summed E-state index contributed by atoms with van der Waals surface area (Å²) in [6.45, 7) is 0. The molecule has 0 unspecified atom stereocenters. The first-order valence-electron chi connectivity index (χ1n) is 10.4. The summed E-state index contributed by atoms with van der Waals surface area (Å²) in [4.78, 5) is 22.5. The lowest BCUT2D eigenvalue weighted by molar-refractivity contribution is -0.147. The zero-order valence-electron chi connectivity index (χ0n) is 17.5. The Morgan fingerprint density at radius 1 is 1.03 bits per heavy atom. The van der Waals surface area contributed by atoms with E-state index >= 15 is 0 Å². The van der Waals surface area contributed by atoms with Gasteiger partial charge >= 0.3 is 11.9 Å². The van der Waals surface area contributed by atoms with Crippen molar-refractivity contribution in [1.82, 2.24) is 0 Å². The summed E-state index contributed by atoms with van der Waals surface area (Å²) in [5, 5.41) is 21.8. The van der Waals surface area contributed by atoms with Gasteiger partial charge in [0.15, 0.2) is 0 Å². The number of nitrogens with one attached hydrogen (secondary N) is 1. The fourth-order valence-electron chi connectivity index (χ4n) is 3.99. The minimum atomic E-state index is -1.57. The highest BCUT2D eigenvalue weighted by molar-refractivity contribution is 6.37. The Morgan fingerprint density at radius 3 is 2.48 bits per heavy atom. The molecule has 0 saturated heterocycles. The number of aryl methyl sites for hydroxylation is 2. The Bertz CT molecular complexity index is 1230. The van der Waals surface area contributed by atoms with Gasteiger partial charge in [-0.3, -0.25) is 4.79 Å². The van der Waals surface area contributed by atoms with Crippen LogP contribution in [0.5, 0.6) is 17.2 Å². The number of benzene rings is 3. The number of aromatic hydroxyl groups is 1. The molecule has 1 amide bonds. The maximum absolute atomic E-state index is 13.1. The minimum absolute atomic E-state index is 0.132. The smallest absolute Gasteiger partial charge is 0.394 e. The molecule has 0 fully saturated rings. The van der Waals surface area contributed by atoms with E-state index in [0.717, 1.165) is 23.1 Å². The lowest BCUT2D eigenvalue weighted by atomic mass is 10.0. The number of fused-ring (bicyclic) bond motifs is 1. The van der Waals surface area contributed by atoms with Crippen LogP contribution in [0.25, 0.3) is 0 Å². The number of carboxylic acid groups (broad SMARTS) is 1. The molecule has 0 heterocycles. The van der Waals surface area contributed by atoms with Gasteiger partial charge in [0.05, 0.1) is 5.02 Å². The van der Waals surface area contributed by atoms with Gasteiger partial charge in [-0.2, -0.15) is 0 Å². The second-order valence-electron chi connectivity index (χ2n) is 7.82. The van der Waals surface area contributed by atoms with E-state index in [2.05, 4.69) is 5.32 Å². The molecule has 4 rings (SSSR count). The molecule has 1 aliphatic carbocycles. The van der Waals surface area contributed by atoms with E-state index in [1.54, 1.807) is 30.3 Å². The van der Waals surface area contributed by atoms with Crippen LogP contribution in [0.2, 0.25) is 5.02 Å². The summed E-state index contributed by atoms with van der Waals surface area (Å²) in [6, 6.07) is 12.6. The molecule has 0 bridgehead atoms. The third kappa shape index (κ3) is 5.09. The van der Waals surface area contributed by atoms with Crippen LogP contribution in [0.4, 0.5) is 10.1 Å². The number of ether oxygens (including phenoxy) is 1. The van der Waals surface area contributed by atoms with Crippen LogP contribution >= 0.6 is 11.6 Å². The van der Waals surface area contributed by atoms with Gasteiger partial charge in [0.2, 0.25) is 0 Å². The molecule has 33 heavy (non-hydrogen) atoms. The highest BCUT2D eigenvalue weighted by atomic mass is 35.5. The third-order valence-electron chi connectivity index (χ3n) is 5.61. The van der Waals surface area contributed by atoms with Gasteiger partial charge in [0.1, 0.15) is 23.1 Å². The predicted octanol–water partition coefficient (Wildman–Crippen LogP) is 5.27. The number of phenolic OH excluding ortho intramolecular Hbond substituents is 1. The summed E-state index contributed by atoms with van der Waals surface area (Å²) < 4.78 is 19.2. The van der Waals surface area contributed by atoms with Crippen LogP contribution in [0.1, 0.15) is 28.7 Å². The zero-order chi connectivity index (χ0) is 23.5. The minimum Gasteiger partial charge on any atom is -0.508 e. The summed E-state index contributed by atoms with van der Waals surface area (Å²) in [6.07, 6.45) is 3.31. The molecule has 6 nitrogen and oxygen atoms in total. The van der Waals surface area contributed by atoms with Crippen molar-refractivity contribution >= 4 is 29.2 Å². The molecule has 1 aliphatic rings. The Hall–Kier alpha value is -3.58. The molecule has 8 heteroatoms. The fourth-order valence-corrected chi connectivity index (χ4v) is 4.25. The van der Waals surface area contributed by atoms with E-state index in [1.807, 2.05) is 0 Å². The molecule has 3 aromatic carbocycles. The van der Waals surface area contributed by atoms with Crippen LogP contribution in [-0.2, 0) is 35.3 Å². The van der Waals surface area contributed by atoms with E-state index in [0.29, 0.717) is 48.4 Å². The van der Waals surface area contributed by atoms with E-state index in [9.17, 15) is 19.1 Å². The quantitative estimate of drug-likeness (QED) is 0.427. The Kier molecular flexibility index (Phi) is 6.51. The number of halogens is 2. The van der Waals surface area contributed by atoms with E-state index in [4.69, 9.17) is 21.4 Å². The molecular weight excluding hydrogens is 449 g/mol. The van der Waals surface area contributed by atoms with Crippen LogP contribution in [0, 0.1) is 5.82 Å². The molecule has 0 aromatic heterocycles. The molecule has 170 valence electrons. The number of phenols is 1. The second-order valence-corrected chi connectivity index (χ2v) is 8.23. The number of anilines is 1. The van der Waals surface area contributed by atoms with Crippen LogP contribution in [-0.4, -0.2) is 22.1 Å². The van der Waals surface area contributed by atoms with Gasteiger partial charge < -0.3 is 20.3 Å². The Morgan fingerprint density at radius 2 is 1.76 bits per heavy atom. The highest BCUT2D eigenvalue weighted by Gasteiger charge is 2.25.